The van der Waals surface area contributed by atoms with Gasteiger partial charge in [0.1, 0.15) is 6.10 Å². The number of carbonyl (C=O) groups is 1. The van der Waals surface area contributed by atoms with E-state index in [1.807, 2.05) is 13.8 Å². The molecule has 21 heavy (non-hydrogen) atoms. The van der Waals surface area contributed by atoms with Crippen molar-refractivity contribution < 1.29 is 14.6 Å². The summed E-state index contributed by atoms with van der Waals surface area (Å²) in [4.78, 5) is 18.4. The van der Waals surface area contributed by atoms with Gasteiger partial charge in [0.2, 0.25) is 0 Å². The number of H-pyrrole nitrogens is 1. The fourth-order valence-electron chi connectivity index (χ4n) is 2.17. The number of ether oxygens (including phenoxy) is 1. The summed E-state index contributed by atoms with van der Waals surface area (Å²) < 4.78 is 5.52. The minimum absolute atomic E-state index is 0.0724. The van der Waals surface area contributed by atoms with Crippen molar-refractivity contribution in [1.29, 1.82) is 0 Å². The van der Waals surface area contributed by atoms with Crippen molar-refractivity contribution >= 4 is 6.03 Å². The standard InChI is InChI=1S/C13H23N5O3/c1-8(2)18-13(20)16-5-11-12(19)10(6-21-11)15-4-9-3-14-7-17-9/h3,7-8,10-12,15,19H,4-6H2,1-2H3,(H,14,17)(H2,16,18,20). The van der Waals surface area contributed by atoms with Crippen LogP contribution in [0.25, 0.3) is 0 Å². The number of amides is 2. The van der Waals surface area contributed by atoms with Crippen molar-refractivity contribution in [1.82, 2.24) is 25.9 Å². The molecule has 5 N–H and O–H groups in total. The highest BCUT2D eigenvalue weighted by atomic mass is 16.5. The topological polar surface area (TPSA) is 111 Å². The molecule has 8 nitrogen and oxygen atoms in total. The Bertz CT molecular complexity index is 437. The molecule has 1 fully saturated rings. The zero-order valence-electron chi connectivity index (χ0n) is 12.3. The quantitative estimate of drug-likeness (QED) is 0.478. The summed E-state index contributed by atoms with van der Waals surface area (Å²) in [6, 6.07) is -0.342. The normalized spacial score (nSPS) is 25.2. The number of carbonyl (C=O) groups excluding carboxylic acids is 1. The molecule has 2 rings (SSSR count). The van der Waals surface area contributed by atoms with Gasteiger partial charge in [-0.2, -0.15) is 0 Å². The Morgan fingerprint density at radius 2 is 2.43 bits per heavy atom. The number of aromatic nitrogens is 2. The molecule has 118 valence electrons. The van der Waals surface area contributed by atoms with Gasteiger partial charge in [0.05, 0.1) is 25.1 Å². The van der Waals surface area contributed by atoms with Crippen LogP contribution in [0.2, 0.25) is 0 Å². The third-order valence-corrected chi connectivity index (χ3v) is 3.28. The van der Waals surface area contributed by atoms with Crippen LogP contribution >= 0.6 is 0 Å². The molecule has 1 aliphatic rings. The lowest BCUT2D eigenvalue weighted by Gasteiger charge is -2.19. The van der Waals surface area contributed by atoms with Gasteiger partial charge in [0, 0.05) is 31.0 Å². The van der Waals surface area contributed by atoms with Gasteiger partial charge >= 0.3 is 6.03 Å². The number of nitrogens with one attached hydrogen (secondary N) is 4. The average molecular weight is 297 g/mol. The van der Waals surface area contributed by atoms with Gasteiger partial charge in [-0.3, -0.25) is 0 Å². The van der Waals surface area contributed by atoms with Crippen LogP contribution < -0.4 is 16.0 Å². The molecule has 2 amide bonds. The number of imidazole rings is 1. The molecule has 1 saturated heterocycles. The van der Waals surface area contributed by atoms with Crippen molar-refractivity contribution in [2.45, 2.75) is 44.7 Å². The average Bonchev–Trinajstić information content (AvgIpc) is 3.04. The maximum absolute atomic E-state index is 11.5. The largest absolute Gasteiger partial charge is 0.389 e. The molecule has 1 aromatic heterocycles. The number of hydrogen-bond acceptors (Lipinski definition) is 5. The van der Waals surface area contributed by atoms with Crippen LogP contribution in [0, 0.1) is 0 Å². The third-order valence-electron chi connectivity index (χ3n) is 3.28. The van der Waals surface area contributed by atoms with Crippen LogP contribution in [0.1, 0.15) is 19.5 Å². The first-order valence-electron chi connectivity index (χ1n) is 7.11. The Morgan fingerprint density at radius 3 is 3.10 bits per heavy atom. The lowest BCUT2D eigenvalue weighted by Crippen LogP contribution is -2.47. The van der Waals surface area contributed by atoms with E-state index >= 15 is 0 Å². The number of aliphatic hydroxyl groups excluding tert-OH is 1. The van der Waals surface area contributed by atoms with Crippen molar-refractivity contribution in [3.63, 3.8) is 0 Å². The summed E-state index contributed by atoms with van der Waals surface area (Å²) >= 11 is 0. The Hall–Kier alpha value is -1.64. The molecule has 2 heterocycles. The number of aliphatic hydroxyl groups is 1. The number of nitrogens with zero attached hydrogens (tertiary/aromatic N) is 1. The fourth-order valence-corrected chi connectivity index (χ4v) is 2.17. The highest BCUT2D eigenvalue weighted by Crippen LogP contribution is 2.14. The van der Waals surface area contributed by atoms with Gasteiger partial charge in [-0.25, -0.2) is 9.78 Å². The zero-order valence-corrected chi connectivity index (χ0v) is 12.3. The zero-order chi connectivity index (χ0) is 15.2. The second kappa shape index (κ2) is 7.39. The highest BCUT2D eigenvalue weighted by molar-refractivity contribution is 5.74. The van der Waals surface area contributed by atoms with Gasteiger partial charge in [-0.1, -0.05) is 0 Å². The summed E-state index contributed by atoms with van der Waals surface area (Å²) in [5, 5.41) is 18.8. The first kappa shape index (κ1) is 15.7. The van der Waals surface area contributed by atoms with E-state index in [0.717, 1.165) is 5.69 Å². The van der Waals surface area contributed by atoms with Crippen molar-refractivity contribution in [3.8, 4) is 0 Å². The summed E-state index contributed by atoms with van der Waals surface area (Å²) in [5.41, 5.74) is 0.945. The van der Waals surface area contributed by atoms with Crippen molar-refractivity contribution in [3.05, 3.63) is 18.2 Å². The summed E-state index contributed by atoms with van der Waals surface area (Å²) in [6.07, 6.45) is 2.28. The van der Waals surface area contributed by atoms with Gasteiger partial charge in [-0.05, 0) is 13.8 Å². The molecule has 3 atom stereocenters. The molecule has 0 bridgehead atoms. The minimum Gasteiger partial charge on any atom is -0.389 e. The summed E-state index contributed by atoms with van der Waals surface area (Å²) in [6.45, 7) is 5.04. The molecule has 8 heteroatoms. The molecule has 0 saturated carbocycles. The first-order chi connectivity index (χ1) is 10.1. The van der Waals surface area contributed by atoms with E-state index in [2.05, 4.69) is 25.9 Å². The van der Waals surface area contributed by atoms with Gasteiger partial charge in [0.15, 0.2) is 0 Å². The van der Waals surface area contributed by atoms with E-state index < -0.39 is 12.2 Å². The monoisotopic (exact) mass is 297 g/mol. The van der Waals surface area contributed by atoms with Crippen molar-refractivity contribution in [2.75, 3.05) is 13.2 Å². The molecule has 0 radical (unpaired) electrons. The van der Waals surface area contributed by atoms with E-state index in [1.54, 1.807) is 12.5 Å². The van der Waals surface area contributed by atoms with Crippen LogP contribution in [0.4, 0.5) is 4.79 Å². The fraction of sp³-hybridized carbons (Fsp3) is 0.692. The summed E-state index contributed by atoms with van der Waals surface area (Å²) in [7, 11) is 0. The molecule has 3 unspecified atom stereocenters. The SMILES string of the molecule is CC(C)NC(=O)NCC1OCC(NCc2cnc[nH]2)C1O. The maximum atomic E-state index is 11.5. The van der Waals surface area contributed by atoms with Gasteiger partial charge in [-0.15, -0.1) is 0 Å². The molecular formula is C13H23N5O3. The smallest absolute Gasteiger partial charge is 0.315 e. The number of rotatable bonds is 6. The molecule has 1 aromatic rings. The Labute approximate surface area is 123 Å². The van der Waals surface area contributed by atoms with E-state index in [-0.39, 0.29) is 24.7 Å². The summed E-state index contributed by atoms with van der Waals surface area (Å²) in [5.74, 6) is 0. The van der Waals surface area contributed by atoms with E-state index in [1.165, 1.54) is 0 Å². The van der Waals surface area contributed by atoms with Crippen LogP contribution in [-0.4, -0.2) is 58.5 Å². The Morgan fingerprint density at radius 1 is 1.62 bits per heavy atom. The predicted molar refractivity (Wildman–Crippen MR) is 76.6 cm³/mol. The number of hydrogen-bond donors (Lipinski definition) is 5. The number of urea groups is 1. The van der Waals surface area contributed by atoms with E-state index in [0.29, 0.717) is 13.2 Å². The molecule has 0 aliphatic carbocycles. The van der Waals surface area contributed by atoms with E-state index in [4.69, 9.17) is 4.74 Å². The molecule has 1 aliphatic heterocycles. The number of aromatic amines is 1. The molecule has 0 aromatic carbocycles. The Kier molecular flexibility index (Phi) is 5.54. The lowest BCUT2D eigenvalue weighted by molar-refractivity contribution is 0.0425. The van der Waals surface area contributed by atoms with Crippen LogP contribution in [0.5, 0.6) is 0 Å². The second-order valence-corrected chi connectivity index (χ2v) is 5.44. The van der Waals surface area contributed by atoms with E-state index in [9.17, 15) is 9.90 Å². The van der Waals surface area contributed by atoms with Crippen LogP contribution in [0.3, 0.4) is 0 Å². The van der Waals surface area contributed by atoms with Crippen LogP contribution in [0.15, 0.2) is 12.5 Å². The van der Waals surface area contributed by atoms with Gasteiger partial charge < -0.3 is 30.8 Å². The highest BCUT2D eigenvalue weighted by Gasteiger charge is 2.35. The minimum atomic E-state index is -0.660. The second-order valence-electron chi connectivity index (χ2n) is 5.44. The van der Waals surface area contributed by atoms with Crippen molar-refractivity contribution in [2.24, 2.45) is 0 Å². The Balaban J connectivity index is 1.71. The maximum Gasteiger partial charge on any atom is 0.315 e. The van der Waals surface area contributed by atoms with Gasteiger partial charge in [0.25, 0.3) is 0 Å². The lowest BCUT2D eigenvalue weighted by atomic mass is 10.1. The van der Waals surface area contributed by atoms with Crippen LogP contribution in [-0.2, 0) is 11.3 Å². The molecule has 0 spiro atoms. The first-order valence-corrected chi connectivity index (χ1v) is 7.11. The third kappa shape index (κ3) is 4.69. The predicted octanol–water partition coefficient (Wildman–Crippen LogP) is -0.665. The molecular weight excluding hydrogens is 274 g/mol.